The molecule has 48 heavy (non-hydrogen) atoms. The van der Waals surface area contributed by atoms with Gasteiger partial charge in [-0.05, 0) is 179 Å². The minimum absolute atomic E-state index is 0.116. The first-order valence-electron chi connectivity index (χ1n) is 20.4. The van der Waals surface area contributed by atoms with Gasteiger partial charge in [0.2, 0.25) is 0 Å². The van der Waals surface area contributed by atoms with Crippen molar-refractivity contribution in [3.8, 4) is 0 Å². The summed E-state index contributed by atoms with van der Waals surface area (Å²) in [5.74, 6) is 2.95. The highest BCUT2D eigenvalue weighted by Gasteiger charge is 2.70. The Labute approximate surface area is 294 Å². The van der Waals surface area contributed by atoms with Crippen LogP contribution in [0.3, 0.4) is 0 Å². The Hall–Kier alpha value is -1.39. The summed E-state index contributed by atoms with van der Waals surface area (Å²) in [6.07, 6.45) is 23.5. The Balaban J connectivity index is 1.15. The molecule has 268 valence electrons. The van der Waals surface area contributed by atoms with Gasteiger partial charge in [0.25, 0.3) is 0 Å². The number of allylic oxidation sites excluding steroid dienone is 5. The minimum atomic E-state index is -0.640. The number of hydrogen-bond acceptors (Lipinski definition) is 3. The van der Waals surface area contributed by atoms with Crippen LogP contribution in [-0.2, 0) is 4.79 Å². The van der Waals surface area contributed by atoms with E-state index in [4.69, 9.17) is 0 Å². The lowest BCUT2D eigenvalue weighted by molar-refractivity contribution is -0.221. The highest BCUT2D eigenvalue weighted by atomic mass is 16.4. The molecule has 7 rings (SSSR count). The van der Waals surface area contributed by atoms with E-state index < -0.39 is 11.4 Å². The SMILES string of the molecule is C=C(C)[C@@H]1CC[C@]2(NCCN3CCCCC3)CC[C@]3(C)[C@H](CC[C@@H]4[C@@]5(C)CC=C(C6=CCC(C)(C(=O)O)CC6)C(C)(C)[C@@H]5CC[C@]43C)[C@@H]12. The number of aliphatic carboxylic acids is 1. The fourth-order valence-electron chi connectivity index (χ4n) is 14.7. The van der Waals surface area contributed by atoms with E-state index in [1.54, 1.807) is 5.57 Å². The standard InChI is InChI=1S/C44H70N2O2/c1-30(2)32-16-23-44(45-26-29-46-27-10-9-11-28-46)25-24-42(7)34(37(32)44)12-13-36-41(6)21-17-33(31-14-19-40(5,20-15-31)38(47)48)39(3,4)35(41)18-22-43(36,42)8/h14,17,32,34-37,45H,1,9-13,15-16,18-29H2,2-8H3,(H,47,48)/t32-,34+,35-,36+,37+,40?,41-,42+,43+,44-/m0/s1. The van der Waals surface area contributed by atoms with Gasteiger partial charge >= 0.3 is 5.97 Å². The van der Waals surface area contributed by atoms with E-state index in [9.17, 15) is 9.90 Å². The Bertz CT molecular complexity index is 1360. The molecule has 0 radical (unpaired) electrons. The molecule has 7 aliphatic rings. The monoisotopic (exact) mass is 659 g/mol. The third kappa shape index (κ3) is 5.13. The second kappa shape index (κ2) is 12.1. The molecular formula is C44H70N2O2. The van der Waals surface area contributed by atoms with Gasteiger partial charge in [-0.3, -0.25) is 4.79 Å². The zero-order valence-corrected chi connectivity index (χ0v) is 32.0. The molecule has 1 saturated heterocycles. The van der Waals surface area contributed by atoms with Gasteiger partial charge in [0.05, 0.1) is 5.41 Å². The van der Waals surface area contributed by atoms with Crippen molar-refractivity contribution >= 4 is 5.97 Å². The van der Waals surface area contributed by atoms with Crippen molar-refractivity contribution in [2.45, 2.75) is 150 Å². The van der Waals surface area contributed by atoms with Gasteiger partial charge in [0, 0.05) is 18.6 Å². The van der Waals surface area contributed by atoms with Gasteiger partial charge in [0.1, 0.15) is 0 Å². The van der Waals surface area contributed by atoms with Crippen LogP contribution >= 0.6 is 0 Å². The van der Waals surface area contributed by atoms with Crippen molar-refractivity contribution in [3.05, 3.63) is 35.5 Å². The van der Waals surface area contributed by atoms with Crippen LogP contribution in [0, 0.1) is 56.7 Å². The maximum Gasteiger partial charge on any atom is 0.309 e. The van der Waals surface area contributed by atoms with Crippen molar-refractivity contribution in [3.63, 3.8) is 0 Å². The average Bonchev–Trinajstić information content (AvgIpc) is 3.42. The molecule has 2 N–H and O–H groups in total. The van der Waals surface area contributed by atoms with Crippen LogP contribution < -0.4 is 5.32 Å². The summed E-state index contributed by atoms with van der Waals surface area (Å²) < 4.78 is 0. The molecule has 1 heterocycles. The summed E-state index contributed by atoms with van der Waals surface area (Å²) in [5, 5.41) is 14.2. The fraction of sp³-hybridized carbons (Fsp3) is 0.841. The number of nitrogens with zero attached hydrogens (tertiary/aromatic N) is 1. The molecule has 4 heteroatoms. The Kier molecular flexibility index (Phi) is 8.83. The number of nitrogens with one attached hydrogen (secondary N) is 1. The molecule has 4 saturated carbocycles. The van der Waals surface area contributed by atoms with Crippen molar-refractivity contribution in [1.29, 1.82) is 0 Å². The topological polar surface area (TPSA) is 52.6 Å². The number of fused-ring (bicyclic) bond motifs is 7. The third-order valence-corrected chi connectivity index (χ3v) is 17.6. The normalized spacial score (nSPS) is 47.1. The predicted molar refractivity (Wildman–Crippen MR) is 199 cm³/mol. The first kappa shape index (κ1) is 35.0. The van der Waals surface area contributed by atoms with Crippen molar-refractivity contribution in [1.82, 2.24) is 10.2 Å². The second-order valence-electron chi connectivity index (χ2n) is 20.0. The summed E-state index contributed by atoms with van der Waals surface area (Å²) in [5.41, 5.74) is 5.28. The van der Waals surface area contributed by atoms with E-state index in [1.807, 2.05) is 6.92 Å². The molecule has 0 aromatic rings. The molecule has 1 aliphatic heterocycles. The minimum Gasteiger partial charge on any atom is -0.481 e. The number of likely N-dealkylation sites (tertiary alicyclic amines) is 1. The lowest BCUT2D eigenvalue weighted by atomic mass is 9.33. The first-order chi connectivity index (χ1) is 22.6. The molecular weight excluding hydrogens is 588 g/mol. The van der Waals surface area contributed by atoms with Crippen LogP contribution in [0.5, 0.6) is 0 Å². The van der Waals surface area contributed by atoms with Gasteiger partial charge in [0.15, 0.2) is 0 Å². The average molecular weight is 659 g/mol. The molecule has 0 aromatic carbocycles. The van der Waals surface area contributed by atoms with E-state index in [0.717, 1.165) is 37.1 Å². The van der Waals surface area contributed by atoms with Gasteiger partial charge in [-0.2, -0.15) is 0 Å². The number of piperidine rings is 1. The molecule has 10 atom stereocenters. The number of carboxylic acid groups (broad SMARTS) is 1. The lowest BCUT2D eigenvalue weighted by Gasteiger charge is -2.72. The smallest absolute Gasteiger partial charge is 0.309 e. The van der Waals surface area contributed by atoms with Gasteiger partial charge in [-0.25, -0.2) is 0 Å². The molecule has 4 nitrogen and oxygen atoms in total. The van der Waals surface area contributed by atoms with E-state index in [-0.39, 0.29) is 5.41 Å². The molecule has 0 bridgehead atoms. The van der Waals surface area contributed by atoms with E-state index >= 15 is 0 Å². The number of rotatable bonds is 7. The third-order valence-electron chi connectivity index (χ3n) is 17.6. The van der Waals surface area contributed by atoms with E-state index in [0.29, 0.717) is 40.0 Å². The zero-order chi connectivity index (χ0) is 34.3. The predicted octanol–water partition coefficient (Wildman–Crippen LogP) is 10.2. The van der Waals surface area contributed by atoms with Crippen LogP contribution in [0.25, 0.3) is 0 Å². The van der Waals surface area contributed by atoms with Crippen molar-refractivity contribution in [2.24, 2.45) is 56.7 Å². The summed E-state index contributed by atoms with van der Waals surface area (Å²) in [6, 6.07) is 0. The van der Waals surface area contributed by atoms with Crippen LogP contribution in [0.4, 0.5) is 0 Å². The summed E-state index contributed by atoms with van der Waals surface area (Å²) in [4.78, 5) is 14.7. The number of hydrogen-bond donors (Lipinski definition) is 2. The largest absolute Gasteiger partial charge is 0.481 e. The van der Waals surface area contributed by atoms with Crippen LogP contribution in [-0.4, -0.2) is 47.7 Å². The zero-order valence-electron chi connectivity index (χ0n) is 32.0. The van der Waals surface area contributed by atoms with Gasteiger partial charge in [-0.1, -0.05) is 65.3 Å². The molecule has 1 unspecified atom stereocenters. The maximum absolute atomic E-state index is 12.0. The maximum atomic E-state index is 12.0. The Morgan fingerprint density at radius 2 is 1.62 bits per heavy atom. The Morgan fingerprint density at radius 1 is 0.875 bits per heavy atom. The lowest BCUT2D eigenvalue weighted by Crippen LogP contribution is -2.68. The van der Waals surface area contributed by atoms with Gasteiger partial charge in [-0.15, -0.1) is 0 Å². The molecule has 0 amide bonds. The van der Waals surface area contributed by atoms with Crippen molar-refractivity contribution < 1.29 is 9.90 Å². The fourth-order valence-corrected chi connectivity index (χ4v) is 14.7. The molecule has 0 aromatic heterocycles. The highest BCUT2D eigenvalue weighted by Crippen LogP contribution is 2.76. The summed E-state index contributed by atoms with van der Waals surface area (Å²) in [7, 11) is 0. The van der Waals surface area contributed by atoms with Crippen molar-refractivity contribution in [2.75, 3.05) is 26.2 Å². The quantitative estimate of drug-likeness (QED) is 0.267. The number of carbonyl (C=O) groups is 1. The van der Waals surface area contributed by atoms with Crippen LogP contribution in [0.2, 0.25) is 0 Å². The van der Waals surface area contributed by atoms with Crippen LogP contribution in [0.1, 0.15) is 145 Å². The summed E-state index contributed by atoms with van der Waals surface area (Å²) >= 11 is 0. The van der Waals surface area contributed by atoms with Crippen LogP contribution in [0.15, 0.2) is 35.5 Å². The number of carboxylic acids is 1. The molecule has 6 aliphatic carbocycles. The summed E-state index contributed by atoms with van der Waals surface area (Å²) in [6.45, 7) is 27.2. The molecule has 0 spiro atoms. The van der Waals surface area contributed by atoms with E-state index in [2.05, 4.69) is 70.5 Å². The molecule has 5 fully saturated rings. The first-order valence-corrected chi connectivity index (χ1v) is 20.4. The van der Waals surface area contributed by atoms with Gasteiger partial charge < -0.3 is 15.3 Å². The van der Waals surface area contributed by atoms with E-state index in [1.165, 1.54) is 108 Å². The second-order valence-corrected chi connectivity index (χ2v) is 20.0. The Morgan fingerprint density at radius 3 is 2.29 bits per heavy atom. The highest BCUT2D eigenvalue weighted by molar-refractivity contribution is 5.75.